The van der Waals surface area contributed by atoms with Gasteiger partial charge in [-0.2, -0.15) is 0 Å². The molecule has 1 aliphatic rings. The van der Waals surface area contributed by atoms with Crippen molar-refractivity contribution in [2.75, 3.05) is 0 Å². The molecular weight excluding hydrogens is 393 g/mol. The monoisotopic (exact) mass is 420 g/mol. The summed E-state index contributed by atoms with van der Waals surface area (Å²) >= 11 is 0. The zero-order valence-electron chi connectivity index (χ0n) is 17.6. The quantitative estimate of drug-likeness (QED) is 0.351. The number of halogens is 3. The van der Waals surface area contributed by atoms with Gasteiger partial charge >= 0.3 is 0 Å². The SMILES string of the molecule is C=Cc1ccc2cc(-c3ccc(CCC4CCC(C=C)CC4)cc3)c(F)c(F)c2c1F. The second-order valence-corrected chi connectivity index (χ2v) is 8.58. The number of fused-ring (bicyclic) bond motifs is 1. The number of hydrogen-bond acceptors (Lipinski definition) is 0. The van der Waals surface area contributed by atoms with Gasteiger partial charge in [0.05, 0.1) is 5.39 Å². The van der Waals surface area contributed by atoms with Crippen molar-refractivity contribution in [2.45, 2.75) is 38.5 Å². The van der Waals surface area contributed by atoms with Crippen LogP contribution in [0.3, 0.4) is 0 Å². The number of hydrogen-bond donors (Lipinski definition) is 0. The van der Waals surface area contributed by atoms with E-state index in [1.807, 2.05) is 24.3 Å². The van der Waals surface area contributed by atoms with Crippen LogP contribution in [0.15, 0.2) is 61.7 Å². The predicted octanol–water partition coefficient (Wildman–Crippen LogP) is 8.49. The van der Waals surface area contributed by atoms with E-state index in [4.69, 9.17) is 0 Å². The van der Waals surface area contributed by atoms with Crippen molar-refractivity contribution in [3.63, 3.8) is 0 Å². The Kier molecular flexibility index (Phi) is 6.31. The van der Waals surface area contributed by atoms with Gasteiger partial charge in [-0.05, 0) is 72.9 Å². The van der Waals surface area contributed by atoms with Crippen molar-refractivity contribution in [1.82, 2.24) is 0 Å². The van der Waals surface area contributed by atoms with Crippen LogP contribution in [0.1, 0.15) is 43.2 Å². The fourth-order valence-corrected chi connectivity index (χ4v) is 4.70. The zero-order valence-corrected chi connectivity index (χ0v) is 17.6. The molecule has 0 N–H and O–H groups in total. The molecule has 0 heterocycles. The fourth-order valence-electron chi connectivity index (χ4n) is 4.70. The molecule has 3 aromatic rings. The molecular formula is C28H27F3. The number of allylic oxidation sites excluding steroid dienone is 1. The molecule has 0 atom stereocenters. The Morgan fingerprint density at radius 2 is 1.55 bits per heavy atom. The summed E-state index contributed by atoms with van der Waals surface area (Å²) < 4.78 is 44.0. The molecule has 1 saturated carbocycles. The van der Waals surface area contributed by atoms with Gasteiger partial charge in [0.2, 0.25) is 0 Å². The molecule has 4 rings (SSSR count). The average Bonchev–Trinajstić information content (AvgIpc) is 2.81. The molecule has 0 saturated heterocycles. The van der Waals surface area contributed by atoms with Gasteiger partial charge in [0, 0.05) is 11.1 Å². The van der Waals surface area contributed by atoms with E-state index in [9.17, 15) is 13.2 Å². The van der Waals surface area contributed by atoms with Gasteiger partial charge in [0.25, 0.3) is 0 Å². The summed E-state index contributed by atoms with van der Waals surface area (Å²) in [6, 6.07) is 12.2. The van der Waals surface area contributed by atoms with Crippen molar-refractivity contribution in [3.8, 4) is 11.1 Å². The average molecular weight is 421 g/mol. The molecule has 160 valence electrons. The molecule has 0 aromatic heterocycles. The van der Waals surface area contributed by atoms with Crippen LogP contribution in [-0.2, 0) is 6.42 Å². The first kappa shape index (κ1) is 21.4. The lowest BCUT2D eigenvalue weighted by molar-refractivity contribution is 0.296. The first-order chi connectivity index (χ1) is 15.0. The fraction of sp³-hybridized carbons (Fsp3) is 0.286. The smallest absolute Gasteiger partial charge is 0.170 e. The summed E-state index contributed by atoms with van der Waals surface area (Å²) in [5.41, 5.74) is 2.07. The summed E-state index contributed by atoms with van der Waals surface area (Å²) in [6.07, 6.45) is 10.5. The molecule has 0 unspecified atom stereocenters. The molecule has 3 aromatic carbocycles. The highest BCUT2D eigenvalue weighted by Gasteiger charge is 2.20. The molecule has 1 fully saturated rings. The summed E-state index contributed by atoms with van der Waals surface area (Å²) in [5.74, 6) is -1.55. The Bertz CT molecular complexity index is 1100. The maximum Gasteiger partial charge on any atom is 0.170 e. The van der Waals surface area contributed by atoms with Crippen LogP contribution in [0.4, 0.5) is 13.2 Å². The minimum Gasteiger partial charge on any atom is -0.206 e. The van der Waals surface area contributed by atoms with Gasteiger partial charge in [0.15, 0.2) is 11.6 Å². The van der Waals surface area contributed by atoms with Crippen molar-refractivity contribution in [3.05, 3.63) is 90.3 Å². The largest absolute Gasteiger partial charge is 0.206 e. The normalized spacial score (nSPS) is 18.8. The first-order valence-corrected chi connectivity index (χ1v) is 11.0. The Morgan fingerprint density at radius 3 is 2.19 bits per heavy atom. The van der Waals surface area contributed by atoms with E-state index >= 15 is 0 Å². The lowest BCUT2D eigenvalue weighted by Gasteiger charge is -2.26. The van der Waals surface area contributed by atoms with Gasteiger partial charge in [-0.15, -0.1) is 6.58 Å². The van der Waals surface area contributed by atoms with Crippen LogP contribution in [0.2, 0.25) is 0 Å². The van der Waals surface area contributed by atoms with Crippen LogP contribution in [0.25, 0.3) is 28.0 Å². The van der Waals surface area contributed by atoms with Gasteiger partial charge in [-0.3, -0.25) is 0 Å². The van der Waals surface area contributed by atoms with Gasteiger partial charge in [0.1, 0.15) is 5.82 Å². The van der Waals surface area contributed by atoms with Crippen molar-refractivity contribution in [1.29, 1.82) is 0 Å². The maximum atomic E-state index is 14.8. The summed E-state index contributed by atoms with van der Waals surface area (Å²) in [7, 11) is 0. The summed E-state index contributed by atoms with van der Waals surface area (Å²) in [5, 5.41) is -0.00218. The third-order valence-electron chi connectivity index (χ3n) is 6.70. The summed E-state index contributed by atoms with van der Waals surface area (Å²) in [4.78, 5) is 0. The molecule has 31 heavy (non-hydrogen) atoms. The first-order valence-electron chi connectivity index (χ1n) is 11.0. The molecule has 0 aliphatic heterocycles. The minimum atomic E-state index is -1.16. The van der Waals surface area contributed by atoms with E-state index in [1.165, 1.54) is 49.5 Å². The van der Waals surface area contributed by atoms with Crippen molar-refractivity contribution in [2.24, 2.45) is 11.8 Å². The predicted molar refractivity (Wildman–Crippen MR) is 123 cm³/mol. The maximum absolute atomic E-state index is 14.8. The van der Waals surface area contributed by atoms with E-state index in [1.54, 1.807) is 6.07 Å². The highest BCUT2D eigenvalue weighted by atomic mass is 19.2. The Labute approximate surface area is 182 Å². The van der Waals surface area contributed by atoms with Crippen molar-refractivity contribution < 1.29 is 13.2 Å². The molecule has 1 aliphatic carbocycles. The summed E-state index contributed by atoms with van der Waals surface area (Å²) in [6.45, 7) is 7.42. The second-order valence-electron chi connectivity index (χ2n) is 8.58. The number of rotatable bonds is 6. The topological polar surface area (TPSA) is 0 Å². The van der Waals surface area contributed by atoms with E-state index < -0.39 is 17.5 Å². The van der Waals surface area contributed by atoms with E-state index in [0.29, 0.717) is 16.9 Å². The van der Waals surface area contributed by atoms with Crippen LogP contribution in [-0.4, -0.2) is 0 Å². The minimum absolute atomic E-state index is 0.144. The molecule has 0 radical (unpaired) electrons. The number of aryl methyl sites for hydroxylation is 1. The molecule has 3 heteroatoms. The van der Waals surface area contributed by atoms with Gasteiger partial charge in [-0.25, -0.2) is 13.2 Å². The van der Waals surface area contributed by atoms with E-state index in [2.05, 4.69) is 19.2 Å². The highest BCUT2D eigenvalue weighted by Crippen LogP contribution is 2.34. The van der Waals surface area contributed by atoms with Gasteiger partial charge < -0.3 is 0 Å². The molecule has 0 nitrogen and oxygen atoms in total. The lowest BCUT2D eigenvalue weighted by atomic mass is 9.79. The lowest BCUT2D eigenvalue weighted by Crippen LogP contribution is -2.13. The van der Waals surface area contributed by atoms with Crippen LogP contribution >= 0.6 is 0 Å². The second kappa shape index (κ2) is 9.13. The standard InChI is InChI=1S/C28H27F3/c1-3-18-5-7-19(8-6-18)9-10-20-11-13-22(14-12-20)24-17-23-16-15-21(4-2)26(29)25(23)28(31)27(24)30/h3-4,11-19H,1-2,5-10H2. The Hall–Kier alpha value is -2.81. The molecule has 0 amide bonds. The third kappa shape index (κ3) is 4.32. The van der Waals surface area contributed by atoms with Crippen LogP contribution in [0.5, 0.6) is 0 Å². The van der Waals surface area contributed by atoms with Crippen LogP contribution < -0.4 is 0 Å². The van der Waals surface area contributed by atoms with Crippen molar-refractivity contribution >= 4 is 16.8 Å². The van der Waals surface area contributed by atoms with E-state index in [-0.39, 0.29) is 16.5 Å². The zero-order chi connectivity index (χ0) is 22.0. The van der Waals surface area contributed by atoms with Gasteiger partial charge in [-0.1, -0.05) is 55.1 Å². The van der Waals surface area contributed by atoms with E-state index in [0.717, 1.165) is 18.8 Å². The Balaban J connectivity index is 1.53. The Morgan fingerprint density at radius 1 is 0.839 bits per heavy atom. The highest BCUT2D eigenvalue weighted by molar-refractivity contribution is 5.90. The number of benzene rings is 3. The third-order valence-corrected chi connectivity index (χ3v) is 6.70. The molecule has 0 bridgehead atoms. The van der Waals surface area contributed by atoms with Crippen LogP contribution in [0, 0.1) is 29.3 Å². The molecule has 0 spiro atoms.